The van der Waals surface area contributed by atoms with Gasteiger partial charge in [-0.1, -0.05) is 6.07 Å². The topological polar surface area (TPSA) is 99.2 Å². The minimum atomic E-state index is -0.597. The first-order valence-corrected chi connectivity index (χ1v) is 7.58. The smallest absolute Gasteiger partial charge is 0.288 e. The van der Waals surface area contributed by atoms with Gasteiger partial charge in [0.1, 0.15) is 6.33 Å². The lowest BCUT2D eigenvalue weighted by Gasteiger charge is -2.32. The van der Waals surface area contributed by atoms with Crippen molar-refractivity contribution in [3.8, 4) is 5.88 Å². The van der Waals surface area contributed by atoms with E-state index in [1.807, 2.05) is 18.3 Å². The van der Waals surface area contributed by atoms with Crippen LogP contribution in [0.25, 0.3) is 0 Å². The summed E-state index contributed by atoms with van der Waals surface area (Å²) in [6.45, 7) is 2.71. The Kier molecular flexibility index (Phi) is 4.52. The summed E-state index contributed by atoms with van der Waals surface area (Å²) in [5.41, 5.74) is 6.35. The van der Waals surface area contributed by atoms with Crippen molar-refractivity contribution < 1.29 is 9.53 Å². The van der Waals surface area contributed by atoms with Gasteiger partial charge >= 0.3 is 0 Å². The molecule has 1 fully saturated rings. The van der Waals surface area contributed by atoms with E-state index in [9.17, 15) is 4.79 Å². The van der Waals surface area contributed by atoms with E-state index >= 15 is 0 Å². The first-order valence-electron chi connectivity index (χ1n) is 7.58. The second-order valence-corrected chi connectivity index (χ2v) is 5.65. The Balaban J connectivity index is 1.63. The molecule has 1 aliphatic rings. The predicted octanol–water partition coefficient (Wildman–Crippen LogP) is 0.618. The third kappa shape index (κ3) is 3.65. The molecule has 8 heteroatoms. The largest absolute Gasteiger partial charge is 0.481 e. The van der Waals surface area contributed by atoms with Crippen LogP contribution in [0.5, 0.6) is 5.88 Å². The molecule has 0 radical (unpaired) electrons. The number of ether oxygens (including phenoxy) is 1. The normalized spacial score (nSPS) is 18.7. The third-order valence-electron chi connectivity index (χ3n) is 4.00. The van der Waals surface area contributed by atoms with E-state index in [4.69, 9.17) is 10.5 Å². The van der Waals surface area contributed by atoms with Crippen LogP contribution >= 0.6 is 0 Å². The van der Waals surface area contributed by atoms with Gasteiger partial charge in [0.15, 0.2) is 0 Å². The van der Waals surface area contributed by atoms with Crippen LogP contribution in [0.2, 0.25) is 0 Å². The van der Waals surface area contributed by atoms with Crippen LogP contribution in [0.1, 0.15) is 35.1 Å². The Morgan fingerprint density at radius 1 is 1.43 bits per heavy atom. The van der Waals surface area contributed by atoms with E-state index in [2.05, 4.69) is 20.0 Å². The maximum absolute atomic E-state index is 11.1. The molecule has 1 unspecified atom stereocenters. The molecule has 1 aliphatic heterocycles. The number of piperidine rings is 1. The number of likely N-dealkylation sites (tertiary alicyclic amines) is 1. The number of nitrogens with two attached hydrogens (primary N) is 1. The number of nitrogens with zero attached hydrogens (tertiary/aromatic N) is 5. The summed E-state index contributed by atoms with van der Waals surface area (Å²) in [4.78, 5) is 21.7. The Labute approximate surface area is 134 Å². The Hall–Kier alpha value is -2.48. The first kappa shape index (κ1) is 15.4. The number of methoxy groups -OCH3 is 1. The lowest BCUT2D eigenvalue weighted by Crippen LogP contribution is -2.36. The van der Waals surface area contributed by atoms with Crippen molar-refractivity contribution in [2.75, 3.05) is 20.2 Å². The molecule has 8 nitrogen and oxygen atoms in total. The van der Waals surface area contributed by atoms with Gasteiger partial charge < -0.3 is 10.5 Å². The summed E-state index contributed by atoms with van der Waals surface area (Å²) in [7, 11) is 1.61. The van der Waals surface area contributed by atoms with Crippen molar-refractivity contribution in [3.05, 3.63) is 36.0 Å². The fraction of sp³-hybridized carbons (Fsp3) is 0.467. The minimum absolute atomic E-state index is 0.0708. The fourth-order valence-corrected chi connectivity index (χ4v) is 2.84. The number of amides is 1. The lowest BCUT2D eigenvalue weighted by atomic mass is 10.1. The van der Waals surface area contributed by atoms with E-state index < -0.39 is 5.91 Å². The molecule has 122 valence electrons. The number of hydrogen-bond acceptors (Lipinski definition) is 6. The number of aromatic nitrogens is 4. The van der Waals surface area contributed by atoms with Gasteiger partial charge in [0.25, 0.3) is 5.91 Å². The van der Waals surface area contributed by atoms with E-state index in [0.29, 0.717) is 5.88 Å². The molecule has 1 saturated heterocycles. The maximum Gasteiger partial charge on any atom is 0.288 e. The van der Waals surface area contributed by atoms with Crippen LogP contribution in [0, 0.1) is 0 Å². The second kappa shape index (κ2) is 6.74. The molecule has 1 amide bonds. The van der Waals surface area contributed by atoms with Crippen molar-refractivity contribution in [3.63, 3.8) is 0 Å². The summed E-state index contributed by atoms with van der Waals surface area (Å²) in [6.07, 6.45) is 5.51. The number of carbonyl (C=O) groups excluding carboxylic acids is 1. The monoisotopic (exact) mass is 316 g/mol. The number of carbonyl (C=O) groups is 1. The predicted molar refractivity (Wildman–Crippen MR) is 82.9 cm³/mol. The number of rotatable bonds is 5. The van der Waals surface area contributed by atoms with Crippen LogP contribution in [0.15, 0.2) is 24.7 Å². The Morgan fingerprint density at radius 3 is 2.96 bits per heavy atom. The average Bonchev–Trinajstić information content (AvgIpc) is 3.06. The minimum Gasteiger partial charge on any atom is -0.481 e. The first-order chi connectivity index (χ1) is 11.2. The molecule has 0 aromatic carbocycles. The Bertz CT molecular complexity index is 669. The van der Waals surface area contributed by atoms with Crippen LogP contribution in [0.3, 0.4) is 0 Å². The van der Waals surface area contributed by atoms with E-state index in [-0.39, 0.29) is 11.9 Å². The van der Waals surface area contributed by atoms with Gasteiger partial charge in [-0.3, -0.25) is 9.69 Å². The SMILES string of the molecule is COc1ccc(CN2CCCC(n3cnc(C(N)=O)n3)C2)cn1. The van der Waals surface area contributed by atoms with Crippen LogP contribution < -0.4 is 10.5 Å². The van der Waals surface area contributed by atoms with Crippen molar-refractivity contribution in [1.29, 1.82) is 0 Å². The second-order valence-electron chi connectivity index (χ2n) is 5.65. The summed E-state index contributed by atoms with van der Waals surface area (Å²) in [5.74, 6) is 0.0917. The zero-order chi connectivity index (χ0) is 16.2. The van der Waals surface area contributed by atoms with Crippen molar-refractivity contribution >= 4 is 5.91 Å². The zero-order valence-corrected chi connectivity index (χ0v) is 13.1. The van der Waals surface area contributed by atoms with Gasteiger partial charge in [0, 0.05) is 25.4 Å². The van der Waals surface area contributed by atoms with Crippen molar-refractivity contribution in [1.82, 2.24) is 24.6 Å². The molecule has 0 spiro atoms. The van der Waals surface area contributed by atoms with E-state index in [1.165, 1.54) is 0 Å². The highest BCUT2D eigenvalue weighted by atomic mass is 16.5. The molecule has 0 saturated carbocycles. The van der Waals surface area contributed by atoms with Gasteiger partial charge in [-0.25, -0.2) is 14.6 Å². The van der Waals surface area contributed by atoms with E-state index in [0.717, 1.165) is 38.0 Å². The molecular weight excluding hydrogens is 296 g/mol. The molecule has 23 heavy (non-hydrogen) atoms. The third-order valence-corrected chi connectivity index (χ3v) is 4.00. The highest BCUT2D eigenvalue weighted by Gasteiger charge is 2.23. The maximum atomic E-state index is 11.1. The standard InChI is InChI=1S/C15H20N6O2/c1-23-13-5-4-11(7-17-13)8-20-6-2-3-12(9-20)21-10-18-15(19-21)14(16)22/h4-5,7,10,12H,2-3,6,8-9H2,1H3,(H2,16,22). The highest BCUT2D eigenvalue weighted by molar-refractivity contribution is 5.88. The van der Waals surface area contributed by atoms with E-state index in [1.54, 1.807) is 18.1 Å². The van der Waals surface area contributed by atoms with Crippen molar-refractivity contribution in [2.24, 2.45) is 5.73 Å². The molecule has 2 aromatic heterocycles. The number of hydrogen-bond donors (Lipinski definition) is 1. The molecule has 0 bridgehead atoms. The number of pyridine rings is 1. The molecule has 1 atom stereocenters. The molecule has 2 aromatic rings. The zero-order valence-electron chi connectivity index (χ0n) is 13.1. The average molecular weight is 316 g/mol. The number of primary amides is 1. The van der Waals surface area contributed by atoms with Gasteiger partial charge in [-0.2, -0.15) is 0 Å². The van der Waals surface area contributed by atoms with Crippen LogP contribution in [-0.4, -0.2) is 50.8 Å². The highest BCUT2D eigenvalue weighted by Crippen LogP contribution is 2.22. The Morgan fingerprint density at radius 2 is 2.30 bits per heavy atom. The summed E-state index contributed by atoms with van der Waals surface area (Å²) in [5, 5.41) is 4.17. The van der Waals surface area contributed by atoms with Crippen LogP contribution in [0.4, 0.5) is 0 Å². The summed E-state index contributed by atoms with van der Waals surface area (Å²) in [6, 6.07) is 4.10. The van der Waals surface area contributed by atoms with Gasteiger partial charge in [-0.05, 0) is 24.9 Å². The molecule has 3 rings (SSSR count). The van der Waals surface area contributed by atoms with Crippen molar-refractivity contribution in [2.45, 2.75) is 25.4 Å². The quantitative estimate of drug-likeness (QED) is 0.868. The summed E-state index contributed by atoms with van der Waals surface area (Å²) < 4.78 is 6.82. The molecule has 3 heterocycles. The molecule has 2 N–H and O–H groups in total. The molecular formula is C15H20N6O2. The van der Waals surface area contributed by atoms with Gasteiger partial charge in [-0.15, -0.1) is 5.10 Å². The summed E-state index contributed by atoms with van der Waals surface area (Å²) >= 11 is 0. The fourth-order valence-electron chi connectivity index (χ4n) is 2.84. The molecule has 0 aliphatic carbocycles. The van der Waals surface area contributed by atoms with Gasteiger partial charge in [0.05, 0.1) is 13.2 Å². The lowest BCUT2D eigenvalue weighted by molar-refractivity contribution is 0.0989. The van der Waals surface area contributed by atoms with Gasteiger partial charge in [0.2, 0.25) is 11.7 Å². The van der Waals surface area contributed by atoms with Crippen LogP contribution in [-0.2, 0) is 6.54 Å².